The predicted molar refractivity (Wildman–Crippen MR) is 79.9 cm³/mol. The van der Waals surface area contributed by atoms with Crippen LogP contribution in [0.4, 0.5) is 5.69 Å². The lowest BCUT2D eigenvalue weighted by Gasteiger charge is -2.12. The van der Waals surface area contributed by atoms with Crippen LogP contribution < -0.4 is 5.32 Å². The molecule has 0 bridgehead atoms. The van der Waals surface area contributed by atoms with Gasteiger partial charge < -0.3 is 9.88 Å². The van der Waals surface area contributed by atoms with E-state index in [1.165, 1.54) is 5.56 Å². The topological polar surface area (TPSA) is 42.7 Å². The molecular formula is C16H16N4. The van der Waals surface area contributed by atoms with Gasteiger partial charge in [-0.15, -0.1) is 0 Å². The zero-order valence-electron chi connectivity index (χ0n) is 11.3. The Hall–Kier alpha value is -2.62. The average Bonchev–Trinajstić information content (AvgIpc) is 3.01. The van der Waals surface area contributed by atoms with Crippen molar-refractivity contribution >= 4 is 5.69 Å². The van der Waals surface area contributed by atoms with Crippen LogP contribution in [0.3, 0.4) is 0 Å². The number of aromatic nitrogens is 3. The highest BCUT2D eigenvalue weighted by molar-refractivity contribution is 5.60. The van der Waals surface area contributed by atoms with Gasteiger partial charge in [-0.1, -0.05) is 18.2 Å². The number of para-hydroxylation sites is 2. The van der Waals surface area contributed by atoms with Gasteiger partial charge >= 0.3 is 0 Å². The first-order chi connectivity index (χ1) is 9.83. The lowest BCUT2D eigenvalue weighted by Crippen LogP contribution is -2.04. The van der Waals surface area contributed by atoms with Gasteiger partial charge in [0.05, 0.1) is 29.9 Å². The van der Waals surface area contributed by atoms with E-state index in [9.17, 15) is 0 Å². The molecule has 4 nitrogen and oxygen atoms in total. The molecule has 0 spiro atoms. The van der Waals surface area contributed by atoms with Gasteiger partial charge in [-0.25, -0.2) is 4.98 Å². The number of pyridine rings is 1. The summed E-state index contributed by atoms with van der Waals surface area (Å²) in [5, 5.41) is 3.43. The quantitative estimate of drug-likeness (QED) is 0.787. The van der Waals surface area contributed by atoms with Crippen molar-refractivity contribution in [2.75, 3.05) is 5.32 Å². The van der Waals surface area contributed by atoms with E-state index in [-0.39, 0.29) is 0 Å². The number of nitrogens with zero attached hydrogens (tertiary/aromatic N) is 3. The third kappa shape index (κ3) is 2.69. The van der Waals surface area contributed by atoms with Gasteiger partial charge in [-0.2, -0.15) is 0 Å². The molecule has 3 rings (SSSR count). The molecule has 0 aliphatic heterocycles. The van der Waals surface area contributed by atoms with Crippen LogP contribution in [0.2, 0.25) is 0 Å². The minimum atomic E-state index is 0.700. The Balaban J connectivity index is 1.79. The van der Waals surface area contributed by atoms with Crippen LogP contribution in [-0.2, 0) is 6.54 Å². The van der Waals surface area contributed by atoms with E-state index in [0.717, 1.165) is 17.1 Å². The summed E-state index contributed by atoms with van der Waals surface area (Å²) in [6.07, 6.45) is 7.40. The summed E-state index contributed by atoms with van der Waals surface area (Å²) in [5.41, 5.74) is 4.34. The molecule has 0 fully saturated rings. The smallest absolute Gasteiger partial charge is 0.0992 e. The molecule has 20 heavy (non-hydrogen) atoms. The van der Waals surface area contributed by atoms with Crippen LogP contribution in [0.1, 0.15) is 11.3 Å². The van der Waals surface area contributed by atoms with Crippen molar-refractivity contribution in [3.63, 3.8) is 0 Å². The number of hydrogen-bond acceptors (Lipinski definition) is 3. The van der Waals surface area contributed by atoms with E-state index in [2.05, 4.69) is 33.5 Å². The SMILES string of the molecule is Cc1ccc(CNc2ccccc2-n2ccnc2)nc1. The zero-order chi connectivity index (χ0) is 13.8. The zero-order valence-corrected chi connectivity index (χ0v) is 11.3. The molecule has 0 aliphatic carbocycles. The molecule has 0 saturated heterocycles. The number of anilines is 1. The number of hydrogen-bond donors (Lipinski definition) is 1. The van der Waals surface area contributed by atoms with Crippen molar-refractivity contribution in [2.45, 2.75) is 13.5 Å². The van der Waals surface area contributed by atoms with Crippen LogP contribution in [0.15, 0.2) is 61.3 Å². The van der Waals surface area contributed by atoms with Crippen LogP contribution in [0.5, 0.6) is 0 Å². The first kappa shape index (κ1) is 12.4. The Labute approximate surface area is 118 Å². The first-order valence-electron chi connectivity index (χ1n) is 6.56. The summed E-state index contributed by atoms with van der Waals surface area (Å²) in [6.45, 7) is 2.74. The van der Waals surface area contributed by atoms with Gasteiger partial charge in [0.15, 0.2) is 0 Å². The number of imidazole rings is 1. The molecule has 100 valence electrons. The third-order valence-corrected chi connectivity index (χ3v) is 3.12. The highest BCUT2D eigenvalue weighted by atomic mass is 15.1. The molecular weight excluding hydrogens is 248 g/mol. The number of rotatable bonds is 4. The van der Waals surface area contributed by atoms with Gasteiger partial charge in [0.2, 0.25) is 0 Å². The largest absolute Gasteiger partial charge is 0.378 e. The number of aryl methyl sites for hydroxylation is 1. The van der Waals surface area contributed by atoms with Gasteiger partial charge in [-0.3, -0.25) is 4.98 Å². The Kier molecular flexibility index (Phi) is 3.46. The second-order valence-corrected chi connectivity index (χ2v) is 4.67. The Morgan fingerprint density at radius 1 is 1.15 bits per heavy atom. The van der Waals surface area contributed by atoms with Crippen molar-refractivity contribution in [2.24, 2.45) is 0 Å². The fourth-order valence-electron chi connectivity index (χ4n) is 2.04. The van der Waals surface area contributed by atoms with Crippen LogP contribution in [-0.4, -0.2) is 14.5 Å². The highest BCUT2D eigenvalue weighted by Crippen LogP contribution is 2.20. The summed E-state index contributed by atoms with van der Waals surface area (Å²) in [7, 11) is 0. The van der Waals surface area contributed by atoms with Gasteiger partial charge in [0.25, 0.3) is 0 Å². The molecule has 1 aromatic carbocycles. The van der Waals surface area contributed by atoms with E-state index < -0.39 is 0 Å². The van der Waals surface area contributed by atoms with Crippen LogP contribution in [0, 0.1) is 6.92 Å². The van der Waals surface area contributed by atoms with Crippen molar-refractivity contribution < 1.29 is 0 Å². The molecule has 4 heteroatoms. The number of nitrogens with one attached hydrogen (secondary N) is 1. The van der Waals surface area contributed by atoms with E-state index in [0.29, 0.717) is 6.54 Å². The second-order valence-electron chi connectivity index (χ2n) is 4.67. The molecule has 2 heterocycles. The molecule has 2 aromatic heterocycles. The minimum absolute atomic E-state index is 0.700. The summed E-state index contributed by atoms with van der Waals surface area (Å²) >= 11 is 0. The molecule has 1 N–H and O–H groups in total. The third-order valence-electron chi connectivity index (χ3n) is 3.12. The molecule has 3 aromatic rings. The fraction of sp³-hybridized carbons (Fsp3) is 0.125. The van der Waals surface area contributed by atoms with Crippen molar-refractivity contribution in [1.29, 1.82) is 0 Å². The molecule has 0 unspecified atom stereocenters. The molecule has 0 aliphatic rings. The maximum absolute atomic E-state index is 4.40. The second kappa shape index (κ2) is 5.57. The van der Waals surface area contributed by atoms with Crippen molar-refractivity contribution in [3.05, 3.63) is 72.6 Å². The molecule has 0 atom stereocenters. The average molecular weight is 264 g/mol. The first-order valence-corrected chi connectivity index (χ1v) is 6.56. The van der Waals surface area contributed by atoms with Crippen molar-refractivity contribution in [3.8, 4) is 5.69 Å². The molecule has 0 saturated carbocycles. The summed E-state index contributed by atoms with van der Waals surface area (Å²) in [6, 6.07) is 12.3. The van der Waals surface area contributed by atoms with Crippen LogP contribution in [0.25, 0.3) is 5.69 Å². The van der Waals surface area contributed by atoms with Crippen LogP contribution >= 0.6 is 0 Å². The number of benzene rings is 1. The van der Waals surface area contributed by atoms with E-state index in [4.69, 9.17) is 0 Å². The van der Waals surface area contributed by atoms with E-state index in [1.807, 2.05) is 42.1 Å². The van der Waals surface area contributed by atoms with Gasteiger partial charge in [-0.05, 0) is 30.7 Å². The summed E-state index contributed by atoms with van der Waals surface area (Å²) in [4.78, 5) is 8.49. The van der Waals surface area contributed by atoms with Gasteiger partial charge in [0.1, 0.15) is 0 Å². The lowest BCUT2D eigenvalue weighted by molar-refractivity contribution is 1.01. The summed E-state index contributed by atoms with van der Waals surface area (Å²) in [5.74, 6) is 0. The fourth-order valence-corrected chi connectivity index (χ4v) is 2.04. The Bertz CT molecular complexity index is 672. The minimum Gasteiger partial charge on any atom is -0.378 e. The Morgan fingerprint density at radius 3 is 2.80 bits per heavy atom. The van der Waals surface area contributed by atoms with E-state index in [1.54, 1.807) is 12.5 Å². The molecule has 0 radical (unpaired) electrons. The van der Waals surface area contributed by atoms with E-state index >= 15 is 0 Å². The highest BCUT2D eigenvalue weighted by Gasteiger charge is 2.03. The van der Waals surface area contributed by atoms with Gasteiger partial charge in [0, 0.05) is 18.6 Å². The standard InChI is InChI=1S/C16H16N4/c1-13-6-7-14(18-10-13)11-19-15-4-2-3-5-16(15)20-9-8-17-12-20/h2-10,12,19H,11H2,1H3. The Morgan fingerprint density at radius 2 is 2.05 bits per heavy atom. The maximum atomic E-state index is 4.40. The predicted octanol–water partition coefficient (Wildman–Crippen LogP) is 3.19. The lowest BCUT2D eigenvalue weighted by atomic mass is 10.2. The summed E-state index contributed by atoms with van der Waals surface area (Å²) < 4.78 is 1.99. The maximum Gasteiger partial charge on any atom is 0.0992 e. The molecule has 0 amide bonds. The van der Waals surface area contributed by atoms with Crippen molar-refractivity contribution in [1.82, 2.24) is 14.5 Å². The normalized spacial score (nSPS) is 10.4. The monoisotopic (exact) mass is 264 g/mol.